The van der Waals surface area contributed by atoms with E-state index in [1.165, 1.54) is 0 Å². The lowest BCUT2D eigenvalue weighted by atomic mass is 10.2. The molecule has 2 aromatic carbocycles. The number of nitrogens with zero attached hydrogens (tertiary/aromatic N) is 1. The number of hydrogen-bond acceptors (Lipinski definition) is 4. The number of amides is 2. The highest BCUT2D eigenvalue weighted by Gasteiger charge is 2.26. The zero-order chi connectivity index (χ0) is 19.3. The molecule has 2 amide bonds. The number of nitrogens with one attached hydrogen (secondary N) is 1. The SMILES string of the molecule is CC1CN(C(=O)NCc2ccc(Oc3ccccc3)cc2)CCS(=O)(=O)C1. The predicted octanol–water partition coefficient (Wildman–Crippen LogP) is 3.06. The van der Waals surface area contributed by atoms with E-state index in [0.29, 0.717) is 13.1 Å². The summed E-state index contributed by atoms with van der Waals surface area (Å²) in [5.74, 6) is 1.60. The molecular formula is C20H24N2O4S. The summed E-state index contributed by atoms with van der Waals surface area (Å²) in [4.78, 5) is 14.0. The first kappa shape index (κ1) is 19.2. The average Bonchev–Trinajstić information content (AvgIpc) is 2.78. The van der Waals surface area contributed by atoms with Crippen LogP contribution < -0.4 is 10.1 Å². The molecule has 2 aromatic rings. The van der Waals surface area contributed by atoms with Crippen molar-refractivity contribution in [2.45, 2.75) is 13.5 Å². The van der Waals surface area contributed by atoms with Gasteiger partial charge in [-0.05, 0) is 35.7 Å². The number of carbonyl (C=O) groups excluding carboxylic acids is 1. The number of carbonyl (C=O) groups is 1. The van der Waals surface area contributed by atoms with Gasteiger partial charge in [0.25, 0.3) is 0 Å². The van der Waals surface area contributed by atoms with Gasteiger partial charge in [0.15, 0.2) is 9.84 Å². The molecule has 1 saturated heterocycles. The lowest BCUT2D eigenvalue weighted by Crippen LogP contribution is -2.42. The molecule has 144 valence electrons. The number of rotatable bonds is 4. The molecule has 0 spiro atoms. The van der Waals surface area contributed by atoms with Gasteiger partial charge < -0.3 is 15.0 Å². The van der Waals surface area contributed by atoms with Gasteiger partial charge in [-0.1, -0.05) is 37.3 Å². The predicted molar refractivity (Wildman–Crippen MR) is 105 cm³/mol. The first-order valence-corrected chi connectivity index (χ1v) is 10.8. The van der Waals surface area contributed by atoms with Gasteiger partial charge in [-0.15, -0.1) is 0 Å². The Kier molecular flexibility index (Phi) is 6.01. The molecule has 6 nitrogen and oxygen atoms in total. The number of benzene rings is 2. The lowest BCUT2D eigenvalue weighted by molar-refractivity contribution is 0.195. The molecule has 1 fully saturated rings. The first-order valence-electron chi connectivity index (χ1n) is 8.96. The van der Waals surface area contributed by atoms with Crippen LogP contribution in [0.2, 0.25) is 0 Å². The van der Waals surface area contributed by atoms with Crippen LogP contribution >= 0.6 is 0 Å². The van der Waals surface area contributed by atoms with Crippen LogP contribution in [0.4, 0.5) is 4.79 Å². The summed E-state index contributed by atoms with van der Waals surface area (Å²) >= 11 is 0. The molecule has 1 atom stereocenters. The molecule has 1 N–H and O–H groups in total. The van der Waals surface area contributed by atoms with Crippen LogP contribution in [0.1, 0.15) is 12.5 Å². The first-order chi connectivity index (χ1) is 12.9. The topological polar surface area (TPSA) is 75.7 Å². The van der Waals surface area contributed by atoms with Gasteiger partial charge in [0.05, 0.1) is 11.5 Å². The van der Waals surface area contributed by atoms with Crippen molar-refractivity contribution in [2.75, 3.05) is 24.6 Å². The van der Waals surface area contributed by atoms with E-state index in [1.807, 2.05) is 61.5 Å². The third-order valence-corrected chi connectivity index (χ3v) is 6.26. The Balaban J connectivity index is 1.53. The van der Waals surface area contributed by atoms with Crippen molar-refractivity contribution in [3.8, 4) is 11.5 Å². The third-order valence-electron chi connectivity index (χ3n) is 4.38. The fraction of sp³-hybridized carbons (Fsp3) is 0.350. The summed E-state index contributed by atoms with van der Waals surface area (Å²) in [6, 6.07) is 16.8. The van der Waals surface area contributed by atoms with Crippen LogP contribution in [0, 0.1) is 5.92 Å². The minimum atomic E-state index is -3.07. The van der Waals surface area contributed by atoms with Crippen molar-refractivity contribution in [3.63, 3.8) is 0 Å². The summed E-state index contributed by atoms with van der Waals surface area (Å²) in [5.41, 5.74) is 0.944. The van der Waals surface area contributed by atoms with Crippen molar-refractivity contribution in [3.05, 3.63) is 60.2 Å². The summed E-state index contributed by atoms with van der Waals surface area (Å²) < 4.78 is 29.4. The molecule has 0 aliphatic carbocycles. The maximum atomic E-state index is 12.4. The maximum Gasteiger partial charge on any atom is 0.317 e. The van der Waals surface area contributed by atoms with Crippen LogP contribution in [-0.4, -0.2) is 43.9 Å². The lowest BCUT2D eigenvalue weighted by Gasteiger charge is -2.22. The summed E-state index contributed by atoms with van der Waals surface area (Å²) in [6.45, 7) is 2.92. The standard InChI is InChI=1S/C20H24N2O4S/c1-16-14-22(11-12-27(24,25)15-16)20(23)21-13-17-7-9-19(10-8-17)26-18-5-3-2-4-6-18/h2-10,16H,11-15H2,1H3,(H,21,23). The van der Waals surface area contributed by atoms with Crippen molar-refractivity contribution in [1.82, 2.24) is 10.2 Å². The largest absolute Gasteiger partial charge is 0.457 e. The molecule has 1 aliphatic heterocycles. The van der Waals surface area contributed by atoms with Crippen molar-refractivity contribution in [1.29, 1.82) is 0 Å². The zero-order valence-corrected chi connectivity index (χ0v) is 16.1. The molecule has 0 aromatic heterocycles. The molecular weight excluding hydrogens is 364 g/mol. The van der Waals surface area contributed by atoms with Gasteiger partial charge >= 0.3 is 6.03 Å². The van der Waals surface area contributed by atoms with Crippen LogP contribution in [-0.2, 0) is 16.4 Å². The summed E-state index contributed by atoms with van der Waals surface area (Å²) in [5, 5.41) is 2.86. The van der Waals surface area contributed by atoms with Crippen LogP contribution in [0.25, 0.3) is 0 Å². The molecule has 27 heavy (non-hydrogen) atoms. The fourth-order valence-electron chi connectivity index (χ4n) is 3.06. The van der Waals surface area contributed by atoms with E-state index in [9.17, 15) is 13.2 Å². The van der Waals surface area contributed by atoms with Crippen molar-refractivity contribution < 1.29 is 17.9 Å². The van der Waals surface area contributed by atoms with E-state index >= 15 is 0 Å². The Morgan fingerprint density at radius 1 is 1.11 bits per heavy atom. The molecule has 1 unspecified atom stereocenters. The Morgan fingerprint density at radius 3 is 2.48 bits per heavy atom. The number of hydrogen-bond donors (Lipinski definition) is 1. The second kappa shape index (κ2) is 8.43. The Hall–Kier alpha value is -2.54. The van der Waals surface area contributed by atoms with E-state index in [2.05, 4.69) is 5.32 Å². The molecule has 1 heterocycles. The van der Waals surface area contributed by atoms with Crippen molar-refractivity contribution >= 4 is 15.9 Å². The highest BCUT2D eigenvalue weighted by Crippen LogP contribution is 2.21. The second-order valence-electron chi connectivity index (χ2n) is 6.88. The Bertz CT molecular complexity index is 867. The van der Waals surface area contributed by atoms with Gasteiger partial charge in [0.2, 0.25) is 0 Å². The van der Waals surface area contributed by atoms with E-state index < -0.39 is 9.84 Å². The zero-order valence-electron chi connectivity index (χ0n) is 15.3. The average molecular weight is 388 g/mol. The molecule has 7 heteroatoms. The van der Waals surface area contributed by atoms with Gasteiger partial charge in [0, 0.05) is 19.6 Å². The van der Waals surface area contributed by atoms with E-state index in [1.54, 1.807) is 4.90 Å². The Labute approximate surface area is 160 Å². The van der Waals surface area contributed by atoms with E-state index in [0.717, 1.165) is 17.1 Å². The van der Waals surface area contributed by atoms with E-state index in [4.69, 9.17) is 4.74 Å². The minimum absolute atomic E-state index is 0.0241. The quantitative estimate of drug-likeness (QED) is 0.873. The van der Waals surface area contributed by atoms with Crippen molar-refractivity contribution in [2.24, 2.45) is 5.92 Å². The van der Waals surface area contributed by atoms with Gasteiger partial charge in [-0.3, -0.25) is 0 Å². The molecule has 0 saturated carbocycles. The second-order valence-corrected chi connectivity index (χ2v) is 9.11. The fourth-order valence-corrected chi connectivity index (χ4v) is 4.70. The third kappa shape index (κ3) is 5.72. The highest BCUT2D eigenvalue weighted by molar-refractivity contribution is 7.91. The molecule has 0 radical (unpaired) electrons. The monoisotopic (exact) mass is 388 g/mol. The summed E-state index contributed by atoms with van der Waals surface area (Å²) in [7, 11) is -3.07. The van der Waals surface area contributed by atoms with Gasteiger partial charge in [-0.2, -0.15) is 0 Å². The minimum Gasteiger partial charge on any atom is -0.457 e. The number of sulfone groups is 1. The number of ether oxygens (including phenoxy) is 1. The van der Waals surface area contributed by atoms with Crippen LogP contribution in [0.3, 0.4) is 0 Å². The molecule has 1 aliphatic rings. The molecule has 0 bridgehead atoms. The smallest absolute Gasteiger partial charge is 0.317 e. The van der Waals surface area contributed by atoms with E-state index in [-0.39, 0.29) is 30.0 Å². The normalized spacial score (nSPS) is 19.1. The Morgan fingerprint density at radius 2 is 1.78 bits per heavy atom. The summed E-state index contributed by atoms with van der Waals surface area (Å²) in [6.07, 6.45) is 0. The van der Waals surface area contributed by atoms with Gasteiger partial charge in [-0.25, -0.2) is 13.2 Å². The molecule has 3 rings (SSSR count). The van der Waals surface area contributed by atoms with Gasteiger partial charge in [0.1, 0.15) is 11.5 Å². The van der Waals surface area contributed by atoms with Crippen LogP contribution in [0.5, 0.6) is 11.5 Å². The number of para-hydroxylation sites is 1. The maximum absolute atomic E-state index is 12.4. The highest BCUT2D eigenvalue weighted by atomic mass is 32.2. The number of urea groups is 1. The van der Waals surface area contributed by atoms with Crippen LogP contribution in [0.15, 0.2) is 54.6 Å².